The zero-order valence-corrected chi connectivity index (χ0v) is 11.9. The molecule has 1 fully saturated rings. The van der Waals surface area contributed by atoms with Crippen molar-refractivity contribution in [3.63, 3.8) is 0 Å². The van der Waals surface area contributed by atoms with E-state index in [0.717, 1.165) is 6.54 Å². The Bertz CT molecular complexity index is 419. The van der Waals surface area contributed by atoms with E-state index in [1.165, 1.54) is 10.4 Å². The van der Waals surface area contributed by atoms with Gasteiger partial charge in [-0.3, -0.25) is 4.79 Å². The van der Waals surface area contributed by atoms with Crippen LogP contribution in [-0.2, 0) is 16.1 Å². The Morgan fingerprint density at radius 2 is 2.44 bits per heavy atom. The van der Waals surface area contributed by atoms with Gasteiger partial charge in [-0.2, -0.15) is 0 Å². The van der Waals surface area contributed by atoms with E-state index in [1.807, 2.05) is 14.0 Å². The van der Waals surface area contributed by atoms with Crippen LogP contribution >= 0.6 is 11.3 Å². The second-order valence-corrected chi connectivity index (χ2v) is 5.73. The standard InChI is InChI=1S/C13H20N2O2S/c1-9-4-7-18-11(9)8-15(3)13(16)12-10(2)17-6-5-14-12/h4,7,10,12,14H,5-6,8H2,1-3H3/t10-,12+/m1/s1. The van der Waals surface area contributed by atoms with Crippen LogP contribution in [0.4, 0.5) is 0 Å². The van der Waals surface area contributed by atoms with Gasteiger partial charge in [0.2, 0.25) is 5.91 Å². The highest BCUT2D eigenvalue weighted by Crippen LogP contribution is 2.18. The SMILES string of the molecule is Cc1ccsc1CN(C)C(=O)[C@H]1NCCO[C@@H]1C. The third kappa shape index (κ3) is 2.91. The summed E-state index contributed by atoms with van der Waals surface area (Å²) in [6, 6.07) is 1.87. The minimum absolute atomic E-state index is 0.0573. The van der Waals surface area contributed by atoms with Crippen LogP contribution < -0.4 is 5.32 Å². The predicted molar refractivity (Wildman–Crippen MR) is 72.7 cm³/mol. The summed E-state index contributed by atoms with van der Waals surface area (Å²) in [5.74, 6) is 0.106. The molecule has 2 atom stereocenters. The monoisotopic (exact) mass is 268 g/mol. The molecule has 0 unspecified atom stereocenters. The molecule has 0 aromatic carbocycles. The number of morpholine rings is 1. The normalized spacial score (nSPS) is 23.9. The summed E-state index contributed by atoms with van der Waals surface area (Å²) in [6.07, 6.45) is -0.0573. The highest BCUT2D eigenvalue weighted by Gasteiger charge is 2.30. The first kappa shape index (κ1) is 13.5. The molecule has 1 amide bonds. The number of carbonyl (C=O) groups excluding carboxylic acids is 1. The van der Waals surface area contributed by atoms with E-state index in [1.54, 1.807) is 16.2 Å². The molecule has 2 heterocycles. The fourth-order valence-electron chi connectivity index (χ4n) is 2.11. The first-order valence-electron chi connectivity index (χ1n) is 6.22. The number of hydrogen-bond acceptors (Lipinski definition) is 4. The zero-order valence-electron chi connectivity index (χ0n) is 11.1. The molecule has 1 N–H and O–H groups in total. The molecule has 0 bridgehead atoms. The maximum Gasteiger partial charge on any atom is 0.242 e. The second kappa shape index (κ2) is 5.82. The van der Waals surface area contributed by atoms with Gasteiger partial charge in [0.1, 0.15) is 6.04 Å². The number of thiophene rings is 1. The van der Waals surface area contributed by atoms with Crippen molar-refractivity contribution in [2.24, 2.45) is 0 Å². The Kier molecular flexibility index (Phi) is 4.37. The number of ether oxygens (including phenoxy) is 1. The molecular formula is C13H20N2O2S. The Morgan fingerprint density at radius 3 is 3.06 bits per heavy atom. The van der Waals surface area contributed by atoms with Crippen molar-refractivity contribution in [1.82, 2.24) is 10.2 Å². The van der Waals surface area contributed by atoms with Crippen molar-refractivity contribution >= 4 is 17.2 Å². The minimum Gasteiger partial charge on any atom is -0.375 e. The summed E-state index contributed by atoms with van der Waals surface area (Å²) in [4.78, 5) is 15.4. The van der Waals surface area contributed by atoms with Crippen molar-refractivity contribution < 1.29 is 9.53 Å². The number of amides is 1. The van der Waals surface area contributed by atoms with E-state index in [-0.39, 0.29) is 18.1 Å². The van der Waals surface area contributed by atoms with Crippen LogP contribution in [0.5, 0.6) is 0 Å². The lowest BCUT2D eigenvalue weighted by Gasteiger charge is -2.32. The smallest absolute Gasteiger partial charge is 0.242 e. The van der Waals surface area contributed by atoms with E-state index in [0.29, 0.717) is 13.2 Å². The summed E-state index contributed by atoms with van der Waals surface area (Å²) >= 11 is 1.70. The second-order valence-electron chi connectivity index (χ2n) is 4.73. The maximum absolute atomic E-state index is 12.3. The fourth-order valence-corrected chi connectivity index (χ4v) is 3.06. The van der Waals surface area contributed by atoms with Crippen molar-refractivity contribution in [2.75, 3.05) is 20.2 Å². The third-order valence-electron chi connectivity index (χ3n) is 3.31. The van der Waals surface area contributed by atoms with Crippen LogP contribution in [0.3, 0.4) is 0 Å². The lowest BCUT2D eigenvalue weighted by molar-refractivity contribution is -0.138. The van der Waals surface area contributed by atoms with Crippen molar-refractivity contribution in [3.05, 3.63) is 21.9 Å². The van der Waals surface area contributed by atoms with E-state index >= 15 is 0 Å². The summed E-state index contributed by atoms with van der Waals surface area (Å²) in [7, 11) is 1.85. The number of nitrogens with one attached hydrogen (secondary N) is 1. The van der Waals surface area contributed by atoms with Crippen LogP contribution in [-0.4, -0.2) is 43.2 Å². The molecule has 1 saturated heterocycles. The Hall–Kier alpha value is -0.910. The molecule has 1 aromatic rings. The minimum atomic E-state index is -0.219. The van der Waals surface area contributed by atoms with Gasteiger partial charge in [0.05, 0.1) is 19.3 Å². The molecule has 18 heavy (non-hydrogen) atoms. The summed E-state index contributed by atoms with van der Waals surface area (Å²) < 4.78 is 5.51. The molecule has 0 radical (unpaired) electrons. The molecule has 0 spiro atoms. The summed E-state index contributed by atoms with van der Waals surface area (Å²) in [5.41, 5.74) is 1.25. The molecule has 2 rings (SSSR count). The number of rotatable bonds is 3. The van der Waals surface area contributed by atoms with Gasteiger partial charge in [0, 0.05) is 18.5 Å². The summed E-state index contributed by atoms with van der Waals surface area (Å²) in [6.45, 7) is 6.12. The zero-order chi connectivity index (χ0) is 13.1. The van der Waals surface area contributed by atoms with E-state index in [9.17, 15) is 4.79 Å². The van der Waals surface area contributed by atoms with Crippen LogP contribution in [0, 0.1) is 6.92 Å². The van der Waals surface area contributed by atoms with Gasteiger partial charge in [0.15, 0.2) is 0 Å². The Labute approximate surface area is 112 Å². The summed E-state index contributed by atoms with van der Waals surface area (Å²) in [5, 5.41) is 5.29. The molecule has 1 aromatic heterocycles. The topological polar surface area (TPSA) is 41.6 Å². The fraction of sp³-hybridized carbons (Fsp3) is 0.615. The highest BCUT2D eigenvalue weighted by molar-refractivity contribution is 7.10. The maximum atomic E-state index is 12.3. The largest absolute Gasteiger partial charge is 0.375 e. The van der Waals surface area contributed by atoms with Gasteiger partial charge in [-0.25, -0.2) is 0 Å². The lowest BCUT2D eigenvalue weighted by Crippen LogP contribution is -2.55. The molecule has 1 aliphatic rings. The molecule has 0 saturated carbocycles. The molecule has 1 aliphatic heterocycles. The molecular weight excluding hydrogens is 248 g/mol. The first-order valence-corrected chi connectivity index (χ1v) is 7.10. The van der Waals surface area contributed by atoms with Gasteiger partial charge in [-0.15, -0.1) is 11.3 Å². The van der Waals surface area contributed by atoms with Gasteiger partial charge >= 0.3 is 0 Å². The van der Waals surface area contributed by atoms with Crippen molar-refractivity contribution in [3.8, 4) is 0 Å². The van der Waals surface area contributed by atoms with E-state index in [2.05, 4.69) is 23.7 Å². The van der Waals surface area contributed by atoms with E-state index < -0.39 is 0 Å². The van der Waals surface area contributed by atoms with Crippen LogP contribution in [0.15, 0.2) is 11.4 Å². The Morgan fingerprint density at radius 1 is 1.67 bits per heavy atom. The van der Waals surface area contributed by atoms with Gasteiger partial charge in [-0.1, -0.05) is 0 Å². The van der Waals surface area contributed by atoms with Gasteiger partial charge in [0.25, 0.3) is 0 Å². The average molecular weight is 268 g/mol. The number of nitrogens with zero attached hydrogens (tertiary/aromatic N) is 1. The molecule has 4 nitrogen and oxygen atoms in total. The molecule has 5 heteroatoms. The number of aryl methyl sites for hydroxylation is 1. The first-order chi connectivity index (χ1) is 8.59. The van der Waals surface area contributed by atoms with Crippen molar-refractivity contribution in [2.45, 2.75) is 32.5 Å². The highest BCUT2D eigenvalue weighted by atomic mass is 32.1. The van der Waals surface area contributed by atoms with Crippen molar-refractivity contribution in [1.29, 1.82) is 0 Å². The molecule has 100 valence electrons. The average Bonchev–Trinajstić information content (AvgIpc) is 2.75. The molecule has 0 aliphatic carbocycles. The Balaban J connectivity index is 1.98. The van der Waals surface area contributed by atoms with Gasteiger partial charge < -0.3 is 15.0 Å². The lowest BCUT2D eigenvalue weighted by atomic mass is 10.1. The van der Waals surface area contributed by atoms with E-state index in [4.69, 9.17) is 4.74 Å². The number of carbonyl (C=O) groups is 1. The number of likely N-dealkylation sites (N-methyl/N-ethyl adjacent to an activating group) is 1. The number of hydrogen-bond donors (Lipinski definition) is 1. The van der Waals surface area contributed by atoms with Crippen LogP contribution in [0.2, 0.25) is 0 Å². The predicted octanol–water partition coefficient (Wildman–Crippen LogP) is 1.39. The quantitative estimate of drug-likeness (QED) is 0.901. The van der Waals surface area contributed by atoms with Crippen LogP contribution in [0.25, 0.3) is 0 Å². The third-order valence-corrected chi connectivity index (χ3v) is 4.32. The van der Waals surface area contributed by atoms with Crippen LogP contribution in [0.1, 0.15) is 17.4 Å². The van der Waals surface area contributed by atoms with Gasteiger partial charge in [-0.05, 0) is 30.9 Å².